The van der Waals surface area contributed by atoms with Crippen LogP contribution in [0.25, 0.3) is 111 Å². The molecule has 5 heteroatoms. The fraction of sp³-hybridized carbons (Fsp3) is 0.0597. The number of hydrogen-bond acceptors (Lipinski definition) is 3. The van der Waals surface area contributed by atoms with Crippen LogP contribution in [-0.2, 0) is 5.41 Å². The smallest absolute Gasteiger partial charge is 0.164 e. The summed E-state index contributed by atoms with van der Waals surface area (Å²) in [6.07, 6.45) is 0. The molecule has 72 heavy (non-hydrogen) atoms. The van der Waals surface area contributed by atoms with Gasteiger partial charge in [-0.25, -0.2) is 15.0 Å². The zero-order valence-electron chi connectivity index (χ0n) is 40.0. The molecule has 1 atom stereocenters. The van der Waals surface area contributed by atoms with Crippen LogP contribution in [0.15, 0.2) is 218 Å². The second kappa shape index (κ2) is 15.2. The van der Waals surface area contributed by atoms with Gasteiger partial charge < -0.3 is 9.13 Å². The van der Waals surface area contributed by atoms with Crippen molar-refractivity contribution in [2.24, 2.45) is 0 Å². The number of aryl methyl sites for hydroxylation is 3. The van der Waals surface area contributed by atoms with Crippen molar-refractivity contribution in [3.8, 4) is 67.8 Å². The fourth-order valence-electron chi connectivity index (χ4n) is 12.3. The minimum atomic E-state index is -0.638. The van der Waals surface area contributed by atoms with Gasteiger partial charge >= 0.3 is 0 Å². The Balaban J connectivity index is 1.01. The molecule has 0 amide bonds. The number of para-hydroxylation sites is 2. The van der Waals surface area contributed by atoms with E-state index in [9.17, 15) is 0 Å². The monoisotopic (exact) mass is 919 g/mol. The Morgan fingerprint density at radius 2 is 0.694 bits per heavy atom. The van der Waals surface area contributed by atoms with E-state index in [4.69, 9.17) is 15.0 Å². The van der Waals surface area contributed by atoms with Gasteiger partial charge in [-0.05, 0) is 108 Å². The van der Waals surface area contributed by atoms with Gasteiger partial charge in [-0.3, -0.25) is 0 Å². The Labute approximate surface area is 417 Å². The van der Waals surface area contributed by atoms with Crippen molar-refractivity contribution in [2.75, 3.05) is 0 Å². The molecule has 15 rings (SSSR count). The summed E-state index contributed by atoms with van der Waals surface area (Å²) >= 11 is 0. The predicted molar refractivity (Wildman–Crippen MR) is 295 cm³/mol. The fourth-order valence-corrected chi connectivity index (χ4v) is 12.3. The van der Waals surface area contributed by atoms with Gasteiger partial charge in [-0.1, -0.05) is 193 Å². The Hall–Kier alpha value is -9.19. The van der Waals surface area contributed by atoms with Gasteiger partial charge in [0.2, 0.25) is 0 Å². The summed E-state index contributed by atoms with van der Waals surface area (Å²) in [7, 11) is 0. The third-order valence-electron chi connectivity index (χ3n) is 15.6. The molecule has 338 valence electrons. The van der Waals surface area contributed by atoms with Crippen molar-refractivity contribution >= 4 is 43.6 Å². The lowest BCUT2D eigenvalue weighted by Crippen LogP contribution is -2.26. The molecule has 0 N–H and O–H groups in total. The first-order chi connectivity index (χ1) is 35.4. The van der Waals surface area contributed by atoms with Crippen LogP contribution in [0.3, 0.4) is 0 Å². The summed E-state index contributed by atoms with van der Waals surface area (Å²) in [6, 6.07) is 80.5. The zero-order valence-corrected chi connectivity index (χ0v) is 40.0. The Bertz CT molecular complexity index is 4330. The SMILES string of the molecule is Cc1ccc(-c2nc(-c3ccc(C)cc3)nc(-c3ccc4c(c3)C3(c5ccccc5-4)c4ccccc4-c4ccc(-n5c6ccccc6c6ccc7c8ccccc8n(-c8ccc(C)cc8)c7c65)cc43)n2)cc1. The number of nitrogens with zero attached hydrogens (tertiary/aromatic N) is 5. The van der Waals surface area contributed by atoms with E-state index in [1.807, 2.05) is 0 Å². The highest BCUT2D eigenvalue weighted by Crippen LogP contribution is 2.63. The van der Waals surface area contributed by atoms with E-state index in [0.717, 1.165) is 28.1 Å². The topological polar surface area (TPSA) is 48.5 Å². The van der Waals surface area contributed by atoms with Crippen LogP contribution >= 0.6 is 0 Å². The molecular formula is C67H45N5. The van der Waals surface area contributed by atoms with Crippen molar-refractivity contribution in [2.45, 2.75) is 26.2 Å². The molecule has 13 aromatic rings. The van der Waals surface area contributed by atoms with Gasteiger partial charge in [-0.15, -0.1) is 0 Å². The molecule has 0 saturated heterocycles. The molecule has 0 aliphatic heterocycles. The maximum atomic E-state index is 5.28. The molecule has 5 nitrogen and oxygen atoms in total. The molecule has 3 aromatic heterocycles. The molecule has 2 aliphatic rings. The van der Waals surface area contributed by atoms with E-state index < -0.39 is 5.41 Å². The van der Waals surface area contributed by atoms with Crippen molar-refractivity contribution in [3.05, 3.63) is 257 Å². The highest BCUT2D eigenvalue weighted by atomic mass is 15.1. The van der Waals surface area contributed by atoms with Gasteiger partial charge in [0, 0.05) is 49.6 Å². The first-order valence-electron chi connectivity index (χ1n) is 24.8. The van der Waals surface area contributed by atoms with E-state index in [1.54, 1.807) is 0 Å². The maximum Gasteiger partial charge on any atom is 0.164 e. The van der Waals surface area contributed by atoms with Gasteiger partial charge in [-0.2, -0.15) is 0 Å². The maximum absolute atomic E-state index is 5.28. The minimum Gasteiger partial charge on any atom is -0.307 e. The Morgan fingerprint density at radius 1 is 0.306 bits per heavy atom. The summed E-state index contributed by atoms with van der Waals surface area (Å²) in [4.78, 5) is 15.7. The largest absolute Gasteiger partial charge is 0.307 e. The first kappa shape index (κ1) is 40.7. The lowest BCUT2D eigenvalue weighted by molar-refractivity contribution is 0.792. The van der Waals surface area contributed by atoms with Crippen LogP contribution in [0.2, 0.25) is 0 Å². The molecule has 1 unspecified atom stereocenters. The Kier molecular flexibility index (Phi) is 8.56. The van der Waals surface area contributed by atoms with Crippen molar-refractivity contribution in [1.82, 2.24) is 24.1 Å². The predicted octanol–water partition coefficient (Wildman–Crippen LogP) is 16.3. The van der Waals surface area contributed by atoms with Crippen LogP contribution in [-0.4, -0.2) is 24.1 Å². The van der Waals surface area contributed by atoms with Crippen molar-refractivity contribution in [1.29, 1.82) is 0 Å². The van der Waals surface area contributed by atoms with Crippen LogP contribution < -0.4 is 0 Å². The van der Waals surface area contributed by atoms with Crippen LogP contribution in [0.4, 0.5) is 0 Å². The normalized spacial score (nSPS) is 14.4. The number of hydrogen-bond donors (Lipinski definition) is 0. The van der Waals surface area contributed by atoms with Crippen LogP contribution in [0.1, 0.15) is 38.9 Å². The van der Waals surface area contributed by atoms with Gasteiger partial charge in [0.1, 0.15) is 0 Å². The highest BCUT2D eigenvalue weighted by Gasteiger charge is 2.52. The minimum absolute atomic E-state index is 0.638. The molecule has 10 aromatic carbocycles. The molecule has 0 bridgehead atoms. The van der Waals surface area contributed by atoms with Crippen molar-refractivity contribution < 1.29 is 0 Å². The standard InChI is InChI=1S/C67H45N5/c1-40-20-26-43(27-21-40)64-68-65(44-28-22-41(2)23-29-44)70-66(69-64)45-30-34-50-48-12-4-8-16-56(48)67(58(50)38-45)57-17-9-5-13-49(57)51-35-33-47(39-59(51)67)72-61-19-11-7-15-53(61)55-37-36-54-52-14-6-10-18-60(52)71(62(54)63(55)72)46-31-24-42(3)25-32-46/h4-39H,1-3H3. The highest BCUT2D eigenvalue weighted by molar-refractivity contribution is 6.24. The number of fused-ring (bicyclic) bond motifs is 17. The quantitative estimate of drug-likeness (QED) is 0.173. The van der Waals surface area contributed by atoms with E-state index in [-0.39, 0.29) is 0 Å². The van der Waals surface area contributed by atoms with E-state index in [0.29, 0.717) is 17.5 Å². The summed E-state index contributed by atoms with van der Waals surface area (Å²) in [6.45, 7) is 6.37. The van der Waals surface area contributed by atoms with Crippen LogP contribution in [0, 0.1) is 20.8 Å². The van der Waals surface area contributed by atoms with E-state index >= 15 is 0 Å². The average molecular weight is 920 g/mol. The second-order valence-electron chi connectivity index (χ2n) is 19.8. The molecular weight excluding hydrogens is 875 g/mol. The third kappa shape index (κ3) is 5.67. The number of benzene rings is 10. The third-order valence-corrected chi connectivity index (χ3v) is 15.6. The van der Waals surface area contributed by atoms with E-state index in [1.165, 1.54) is 105 Å². The lowest BCUT2D eigenvalue weighted by Gasteiger charge is -2.31. The molecule has 0 saturated carbocycles. The molecule has 2 aliphatic carbocycles. The summed E-state index contributed by atoms with van der Waals surface area (Å²) in [5.41, 5.74) is 22.8. The van der Waals surface area contributed by atoms with Gasteiger partial charge in [0.25, 0.3) is 0 Å². The number of rotatable bonds is 5. The van der Waals surface area contributed by atoms with E-state index in [2.05, 4.69) is 248 Å². The summed E-state index contributed by atoms with van der Waals surface area (Å²) < 4.78 is 5.02. The Morgan fingerprint density at radius 3 is 1.24 bits per heavy atom. The molecule has 0 fully saturated rings. The zero-order chi connectivity index (χ0) is 47.8. The van der Waals surface area contributed by atoms with Gasteiger partial charge in [0.15, 0.2) is 17.5 Å². The van der Waals surface area contributed by atoms with Crippen molar-refractivity contribution in [3.63, 3.8) is 0 Å². The molecule has 1 spiro atoms. The first-order valence-corrected chi connectivity index (χ1v) is 24.8. The lowest BCUT2D eigenvalue weighted by atomic mass is 9.70. The second-order valence-corrected chi connectivity index (χ2v) is 19.8. The number of aromatic nitrogens is 5. The summed E-state index contributed by atoms with van der Waals surface area (Å²) in [5.74, 6) is 1.94. The van der Waals surface area contributed by atoms with Gasteiger partial charge in [0.05, 0.1) is 27.5 Å². The van der Waals surface area contributed by atoms with Crippen LogP contribution in [0.5, 0.6) is 0 Å². The average Bonchev–Trinajstić information content (AvgIpc) is 4.13. The molecule has 3 heterocycles. The molecule has 0 radical (unpaired) electrons. The summed E-state index contributed by atoms with van der Waals surface area (Å²) in [5, 5.41) is 4.91.